The zero-order valence-electron chi connectivity index (χ0n) is 10.3. The number of nitrogens with zero attached hydrogens (tertiary/aromatic N) is 1. The summed E-state index contributed by atoms with van der Waals surface area (Å²) >= 11 is 0. The normalized spacial score (nSPS) is 32.9. The van der Waals surface area contributed by atoms with Crippen molar-refractivity contribution < 1.29 is 28.2 Å². The molecule has 0 spiro atoms. The second kappa shape index (κ2) is 3.55. The van der Waals surface area contributed by atoms with E-state index in [1.54, 1.807) is 20.8 Å². The molecule has 1 N–H and O–H groups in total. The Balaban J connectivity index is 2.12. The highest BCUT2D eigenvalue weighted by atomic mass is 19.3. The number of carboxylic acids is 1. The Labute approximate surface area is 103 Å². The molecule has 1 aliphatic carbocycles. The Hall–Kier alpha value is -1.40. The van der Waals surface area contributed by atoms with Gasteiger partial charge in [-0.2, -0.15) is 0 Å². The molecule has 1 heterocycles. The molecule has 0 aromatic rings. The predicted octanol–water partition coefficient (Wildman–Crippen LogP) is 1.57. The summed E-state index contributed by atoms with van der Waals surface area (Å²) in [4.78, 5) is 23.4. The van der Waals surface area contributed by atoms with E-state index in [4.69, 9.17) is 9.84 Å². The molecule has 102 valence electrons. The Morgan fingerprint density at radius 2 is 1.94 bits per heavy atom. The number of rotatable bonds is 1. The van der Waals surface area contributed by atoms with Gasteiger partial charge in [-0.15, -0.1) is 0 Å². The van der Waals surface area contributed by atoms with Crippen LogP contribution in [0.1, 0.15) is 20.8 Å². The highest BCUT2D eigenvalue weighted by molar-refractivity contribution is 5.77. The number of alkyl halides is 2. The number of carbonyl (C=O) groups is 2. The van der Waals surface area contributed by atoms with E-state index < -0.39 is 41.5 Å². The lowest BCUT2D eigenvalue weighted by atomic mass is 10.1. The van der Waals surface area contributed by atoms with Crippen LogP contribution in [0.15, 0.2) is 0 Å². The van der Waals surface area contributed by atoms with Crippen molar-refractivity contribution in [1.82, 2.24) is 4.90 Å². The number of hydrogen-bond donors (Lipinski definition) is 1. The summed E-state index contributed by atoms with van der Waals surface area (Å²) in [6, 6.07) is -1.33. The maximum atomic E-state index is 13.4. The van der Waals surface area contributed by atoms with Crippen LogP contribution >= 0.6 is 0 Å². The van der Waals surface area contributed by atoms with E-state index in [2.05, 4.69) is 0 Å². The largest absolute Gasteiger partial charge is 0.481 e. The Morgan fingerprint density at radius 1 is 1.39 bits per heavy atom. The van der Waals surface area contributed by atoms with Crippen molar-refractivity contribution in [3.05, 3.63) is 0 Å². The van der Waals surface area contributed by atoms with Crippen LogP contribution in [0.4, 0.5) is 13.6 Å². The third-order valence-electron chi connectivity index (χ3n) is 3.18. The molecule has 1 saturated heterocycles. The monoisotopic (exact) mass is 263 g/mol. The lowest BCUT2D eigenvalue weighted by Gasteiger charge is -2.26. The number of fused-ring (bicyclic) bond motifs is 1. The molecule has 2 aliphatic rings. The average Bonchev–Trinajstić information content (AvgIpc) is 2.58. The third kappa shape index (κ3) is 1.91. The van der Waals surface area contributed by atoms with Crippen LogP contribution in [0.2, 0.25) is 0 Å². The zero-order chi connectivity index (χ0) is 13.9. The summed E-state index contributed by atoms with van der Waals surface area (Å²) in [6.45, 7) is 4.66. The first kappa shape index (κ1) is 13.0. The van der Waals surface area contributed by atoms with Gasteiger partial charge in [-0.05, 0) is 20.8 Å². The van der Waals surface area contributed by atoms with Crippen molar-refractivity contribution in [3.63, 3.8) is 0 Å². The van der Waals surface area contributed by atoms with Crippen molar-refractivity contribution in [3.8, 4) is 0 Å². The van der Waals surface area contributed by atoms with Gasteiger partial charge >= 0.3 is 12.1 Å². The summed E-state index contributed by atoms with van der Waals surface area (Å²) in [5, 5.41) is 8.86. The number of aliphatic carboxylic acids is 1. The molecule has 3 atom stereocenters. The number of amides is 1. The molecule has 2 fully saturated rings. The molecule has 1 amide bonds. The van der Waals surface area contributed by atoms with E-state index in [0.717, 1.165) is 4.90 Å². The molecule has 0 bridgehead atoms. The minimum Gasteiger partial charge on any atom is -0.481 e. The van der Waals surface area contributed by atoms with Gasteiger partial charge in [-0.1, -0.05) is 0 Å². The Morgan fingerprint density at radius 3 is 2.33 bits per heavy atom. The Kier molecular flexibility index (Phi) is 2.57. The first-order valence-electron chi connectivity index (χ1n) is 5.66. The molecule has 0 aromatic carbocycles. The smallest absolute Gasteiger partial charge is 0.410 e. The third-order valence-corrected chi connectivity index (χ3v) is 3.18. The number of likely N-dealkylation sites (tertiary alicyclic amines) is 1. The summed E-state index contributed by atoms with van der Waals surface area (Å²) < 4.78 is 31.8. The van der Waals surface area contributed by atoms with Crippen molar-refractivity contribution in [1.29, 1.82) is 0 Å². The van der Waals surface area contributed by atoms with Crippen LogP contribution in [0.5, 0.6) is 0 Å². The number of carboxylic acid groups (broad SMARTS) is 1. The van der Waals surface area contributed by atoms with Gasteiger partial charge in [0.25, 0.3) is 5.92 Å². The van der Waals surface area contributed by atoms with Crippen LogP contribution in [0.25, 0.3) is 0 Å². The van der Waals surface area contributed by atoms with Crippen LogP contribution in [-0.4, -0.2) is 46.2 Å². The van der Waals surface area contributed by atoms with E-state index in [1.165, 1.54) is 0 Å². The summed E-state index contributed by atoms with van der Waals surface area (Å²) in [7, 11) is 0. The maximum absolute atomic E-state index is 13.4. The minimum atomic E-state index is -3.11. The molecule has 0 aromatic heterocycles. The predicted molar refractivity (Wildman–Crippen MR) is 56.3 cm³/mol. The average molecular weight is 263 g/mol. The van der Waals surface area contributed by atoms with E-state index >= 15 is 0 Å². The summed E-state index contributed by atoms with van der Waals surface area (Å²) in [5.74, 6) is -6.90. The molecular weight excluding hydrogens is 248 g/mol. The van der Waals surface area contributed by atoms with Gasteiger partial charge in [0.15, 0.2) is 0 Å². The van der Waals surface area contributed by atoms with E-state index in [9.17, 15) is 18.4 Å². The molecule has 1 aliphatic heterocycles. The highest BCUT2D eigenvalue weighted by Gasteiger charge is 2.79. The first-order chi connectivity index (χ1) is 8.05. The van der Waals surface area contributed by atoms with E-state index in [-0.39, 0.29) is 6.54 Å². The Bertz CT molecular complexity index is 404. The number of carbonyl (C=O) groups excluding carboxylic acids is 1. The van der Waals surface area contributed by atoms with Crippen LogP contribution in [0, 0.1) is 11.8 Å². The molecule has 5 nitrogen and oxygen atoms in total. The van der Waals surface area contributed by atoms with Gasteiger partial charge in [0, 0.05) is 6.54 Å². The molecule has 2 rings (SSSR count). The summed E-state index contributed by atoms with van der Waals surface area (Å²) in [6.07, 6.45) is -0.876. The molecule has 18 heavy (non-hydrogen) atoms. The fourth-order valence-electron chi connectivity index (χ4n) is 2.40. The van der Waals surface area contributed by atoms with Crippen molar-refractivity contribution >= 4 is 12.1 Å². The van der Waals surface area contributed by atoms with Crippen molar-refractivity contribution in [2.75, 3.05) is 6.54 Å². The van der Waals surface area contributed by atoms with Gasteiger partial charge in [-0.25, -0.2) is 13.6 Å². The van der Waals surface area contributed by atoms with Crippen molar-refractivity contribution in [2.24, 2.45) is 11.8 Å². The second-order valence-electron chi connectivity index (χ2n) is 5.72. The van der Waals surface area contributed by atoms with Gasteiger partial charge in [0.05, 0.1) is 11.8 Å². The maximum Gasteiger partial charge on any atom is 0.410 e. The molecular formula is C11H15F2NO4. The quantitative estimate of drug-likeness (QED) is 0.779. The molecule has 0 radical (unpaired) electrons. The number of halogens is 2. The zero-order valence-corrected chi connectivity index (χ0v) is 10.3. The number of hydrogen-bond acceptors (Lipinski definition) is 3. The van der Waals surface area contributed by atoms with E-state index in [1.807, 2.05) is 0 Å². The molecule has 1 saturated carbocycles. The molecule has 0 unspecified atom stereocenters. The van der Waals surface area contributed by atoms with Crippen molar-refractivity contribution in [2.45, 2.75) is 38.3 Å². The van der Waals surface area contributed by atoms with Crippen LogP contribution < -0.4 is 0 Å². The van der Waals surface area contributed by atoms with Gasteiger partial charge in [0.2, 0.25) is 0 Å². The summed E-state index contributed by atoms with van der Waals surface area (Å²) in [5.41, 5.74) is -0.794. The fourth-order valence-corrected chi connectivity index (χ4v) is 2.40. The van der Waals surface area contributed by atoms with Crippen LogP contribution in [0.3, 0.4) is 0 Å². The molecule has 7 heteroatoms. The topological polar surface area (TPSA) is 66.8 Å². The number of ether oxygens (including phenoxy) is 1. The minimum absolute atomic E-state index is 0.213. The SMILES string of the molecule is CC(C)(C)OC(=O)N1C[C@H](C(=O)O)[C@H]2[C@H]1C2(F)F. The lowest BCUT2D eigenvalue weighted by molar-refractivity contribution is -0.143. The van der Waals surface area contributed by atoms with Gasteiger partial charge in [0.1, 0.15) is 11.6 Å². The number of piperidine rings is 1. The van der Waals surface area contributed by atoms with Crippen LogP contribution in [-0.2, 0) is 9.53 Å². The van der Waals surface area contributed by atoms with E-state index in [0.29, 0.717) is 0 Å². The fraction of sp³-hybridized carbons (Fsp3) is 0.818. The highest BCUT2D eigenvalue weighted by Crippen LogP contribution is 2.60. The van der Waals surface area contributed by atoms with Gasteiger partial charge in [-0.3, -0.25) is 9.69 Å². The standard InChI is InChI=1S/C11H15F2NO4/c1-10(2,3)18-9(17)14-4-5(8(15)16)6-7(14)11(6,12)13/h5-7H,4H2,1-3H3,(H,15,16)/t5-,6-,7-/m0/s1. The lowest BCUT2D eigenvalue weighted by Crippen LogP contribution is -2.41. The van der Waals surface area contributed by atoms with Gasteiger partial charge < -0.3 is 9.84 Å². The second-order valence-corrected chi connectivity index (χ2v) is 5.72. The first-order valence-corrected chi connectivity index (χ1v) is 5.66.